The van der Waals surface area contributed by atoms with Crippen LogP contribution in [-0.4, -0.2) is 35.0 Å². The van der Waals surface area contributed by atoms with E-state index in [4.69, 9.17) is 5.11 Å². The van der Waals surface area contributed by atoms with Crippen LogP contribution in [0.3, 0.4) is 0 Å². The number of benzene rings is 2. The van der Waals surface area contributed by atoms with Crippen molar-refractivity contribution in [2.75, 3.05) is 6.54 Å². The van der Waals surface area contributed by atoms with Gasteiger partial charge in [0.1, 0.15) is 0 Å². The summed E-state index contributed by atoms with van der Waals surface area (Å²) in [5, 5.41) is 24.7. The number of amides is 1. The number of carbonyl (C=O) groups is 1. The first-order valence-corrected chi connectivity index (χ1v) is 8.65. The third-order valence-electron chi connectivity index (χ3n) is 4.19. The second-order valence-corrected chi connectivity index (χ2v) is 6.53. The fourth-order valence-corrected chi connectivity index (χ4v) is 2.77. The van der Waals surface area contributed by atoms with Crippen molar-refractivity contribution in [1.29, 1.82) is 0 Å². The van der Waals surface area contributed by atoms with Crippen molar-refractivity contribution in [1.82, 2.24) is 10.6 Å². The van der Waals surface area contributed by atoms with Gasteiger partial charge < -0.3 is 20.8 Å². The monoisotopic (exact) mass is 378 g/mol. The first-order valence-electron chi connectivity index (χ1n) is 8.65. The summed E-state index contributed by atoms with van der Waals surface area (Å²) in [5.74, 6) is -2.91. The molecule has 0 heterocycles. The zero-order valence-corrected chi connectivity index (χ0v) is 15.0. The van der Waals surface area contributed by atoms with E-state index in [1.807, 2.05) is 30.3 Å². The molecule has 2 rings (SSSR count). The summed E-state index contributed by atoms with van der Waals surface area (Å²) < 4.78 is 26.8. The fourth-order valence-electron chi connectivity index (χ4n) is 2.77. The number of carboxylic acid groups (broad SMARTS) is 1. The summed E-state index contributed by atoms with van der Waals surface area (Å²) in [6, 6.07) is 14.6. The van der Waals surface area contributed by atoms with Gasteiger partial charge in [-0.15, -0.1) is 0 Å². The van der Waals surface area contributed by atoms with Gasteiger partial charge in [-0.2, -0.15) is 0 Å². The molecule has 146 valence electrons. The molecule has 5 nitrogen and oxygen atoms in total. The lowest BCUT2D eigenvalue weighted by Gasteiger charge is -2.23. The van der Waals surface area contributed by atoms with Gasteiger partial charge in [0.15, 0.2) is 0 Å². The molecular formula is C20H24F2N2O3. The van der Waals surface area contributed by atoms with Crippen LogP contribution in [0.4, 0.5) is 13.6 Å². The Hall–Kier alpha value is -2.51. The Kier molecular flexibility index (Phi) is 7.27. The van der Waals surface area contributed by atoms with Gasteiger partial charge in [0, 0.05) is 25.6 Å². The van der Waals surface area contributed by atoms with E-state index < -0.39 is 24.2 Å². The number of hydrogen-bond donors (Lipinski definition) is 4. The minimum atomic E-state index is -2.91. The van der Waals surface area contributed by atoms with E-state index in [1.165, 1.54) is 12.1 Å². The molecule has 7 heteroatoms. The third kappa shape index (κ3) is 6.96. The maximum Gasteiger partial charge on any atom is 0.404 e. The Balaban J connectivity index is 1.93. The molecule has 1 amide bonds. The summed E-state index contributed by atoms with van der Waals surface area (Å²) >= 11 is 0. The Morgan fingerprint density at radius 2 is 1.78 bits per heavy atom. The smallest absolute Gasteiger partial charge is 0.404 e. The van der Waals surface area contributed by atoms with E-state index in [9.17, 15) is 18.7 Å². The van der Waals surface area contributed by atoms with Crippen molar-refractivity contribution in [3.63, 3.8) is 0 Å². The predicted octanol–water partition coefficient (Wildman–Crippen LogP) is 3.13. The minimum Gasteiger partial charge on any atom is -0.465 e. The average molecular weight is 378 g/mol. The number of aliphatic hydroxyl groups is 1. The molecule has 2 aromatic rings. The molecule has 1 unspecified atom stereocenters. The van der Waals surface area contributed by atoms with Gasteiger partial charge >= 0.3 is 6.09 Å². The third-order valence-corrected chi connectivity index (χ3v) is 4.19. The van der Waals surface area contributed by atoms with E-state index in [1.54, 1.807) is 12.1 Å². The lowest BCUT2D eigenvalue weighted by molar-refractivity contribution is 0.0174. The van der Waals surface area contributed by atoms with Crippen molar-refractivity contribution >= 4 is 6.09 Å². The van der Waals surface area contributed by atoms with Crippen LogP contribution in [0.25, 0.3) is 0 Å². The van der Waals surface area contributed by atoms with Crippen LogP contribution < -0.4 is 10.6 Å². The van der Waals surface area contributed by atoms with Crippen LogP contribution in [0.2, 0.25) is 0 Å². The maximum absolute atomic E-state index is 13.4. The number of rotatable bonds is 9. The quantitative estimate of drug-likeness (QED) is 0.540. The van der Waals surface area contributed by atoms with Crippen LogP contribution >= 0.6 is 0 Å². The minimum absolute atomic E-state index is 0.0724. The second kappa shape index (κ2) is 9.43. The number of halogens is 2. The van der Waals surface area contributed by atoms with Crippen LogP contribution in [-0.2, 0) is 18.9 Å². The van der Waals surface area contributed by atoms with Crippen LogP contribution in [0.5, 0.6) is 0 Å². The van der Waals surface area contributed by atoms with E-state index in [0.29, 0.717) is 12.0 Å². The molecule has 2 atom stereocenters. The molecule has 0 bridgehead atoms. The summed E-state index contributed by atoms with van der Waals surface area (Å²) in [6.07, 6.45) is -1.85. The van der Waals surface area contributed by atoms with Gasteiger partial charge in [-0.25, -0.2) is 13.6 Å². The van der Waals surface area contributed by atoms with Crippen molar-refractivity contribution in [3.05, 3.63) is 71.3 Å². The zero-order valence-electron chi connectivity index (χ0n) is 15.0. The van der Waals surface area contributed by atoms with Gasteiger partial charge in [0.05, 0.1) is 12.1 Å². The molecule has 0 spiro atoms. The highest BCUT2D eigenvalue weighted by Gasteiger charge is 2.24. The summed E-state index contributed by atoms with van der Waals surface area (Å²) in [7, 11) is 0. The molecular weight excluding hydrogens is 354 g/mol. The highest BCUT2D eigenvalue weighted by molar-refractivity contribution is 5.65. The highest BCUT2D eigenvalue weighted by atomic mass is 19.3. The SMILES string of the molecule is CC(F)(F)c1cccc(CNC[C@@H](O)C(Cc2ccccc2)NC(=O)O)c1. The lowest BCUT2D eigenvalue weighted by Crippen LogP contribution is -2.48. The largest absolute Gasteiger partial charge is 0.465 e. The molecule has 27 heavy (non-hydrogen) atoms. The normalized spacial score (nSPS) is 13.8. The average Bonchev–Trinajstić information content (AvgIpc) is 2.61. The van der Waals surface area contributed by atoms with Crippen LogP contribution in [0.15, 0.2) is 54.6 Å². The van der Waals surface area contributed by atoms with Gasteiger partial charge in [-0.1, -0.05) is 48.5 Å². The summed E-state index contributed by atoms with van der Waals surface area (Å²) in [4.78, 5) is 11.0. The van der Waals surface area contributed by atoms with Crippen molar-refractivity contribution in [3.8, 4) is 0 Å². The molecule has 0 fully saturated rings. The lowest BCUT2D eigenvalue weighted by atomic mass is 10.0. The molecule has 0 saturated heterocycles. The molecule has 4 N–H and O–H groups in total. The number of aliphatic hydroxyl groups excluding tert-OH is 1. The Labute approximate surface area is 157 Å². The number of hydrogen-bond acceptors (Lipinski definition) is 3. The van der Waals surface area contributed by atoms with Crippen molar-refractivity contribution in [2.24, 2.45) is 0 Å². The molecule has 2 aromatic carbocycles. The van der Waals surface area contributed by atoms with Crippen LogP contribution in [0.1, 0.15) is 23.6 Å². The molecule has 0 radical (unpaired) electrons. The van der Waals surface area contributed by atoms with Gasteiger partial charge in [-0.05, 0) is 23.6 Å². The van der Waals surface area contributed by atoms with E-state index in [0.717, 1.165) is 12.5 Å². The summed E-state index contributed by atoms with van der Waals surface area (Å²) in [6.45, 7) is 1.24. The van der Waals surface area contributed by atoms with Crippen LogP contribution in [0, 0.1) is 0 Å². The summed E-state index contributed by atoms with van der Waals surface area (Å²) in [5.41, 5.74) is 1.48. The van der Waals surface area contributed by atoms with E-state index >= 15 is 0 Å². The molecule has 0 saturated carbocycles. The van der Waals surface area contributed by atoms with Gasteiger partial charge in [-0.3, -0.25) is 0 Å². The van der Waals surface area contributed by atoms with E-state index in [2.05, 4.69) is 10.6 Å². The molecule has 0 aromatic heterocycles. The highest BCUT2D eigenvalue weighted by Crippen LogP contribution is 2.27. The zero-order chi connectivity index (χ0) is 19.9. The Morgan fingerprint density at radius 3 is 2.41 bits per heavy atom. The van der Waals surface area contributed by atoms with Gasteiger partial charge in [0.2, 0.25) is 0 Å². The van der Waals surface area contributed by atoms with E-state index in [-0.39, 0.29) is 18.7 Å². The first kappa shape index (κ1) is 20.8. The fraction of sp³-hybridized carbons (Fsp3) is 0.350. The van der Waals surface area contributed by atoms with Gasteiger partial charge in [0.25, 0.3) is 5.92 Å². The molecule has 0 aliphatic rings. The topological polar surface area (TPSA) is 81.6 Å². The van der Waals surface area contributed by atoms with Crippen molar-refractivity contribution < 1.29 is 23.8 Å². The predicted molar refractivity (Wildman–Crippen MR) is 98.8 cm³/mol. The second-order valence-electron chi connectivity index (χ2n) is 6.53. The van der Waals surface area contributed by atoms with Crippen molar-refractivity contribution in [2.45, 2.75) is 38.0 Å². The maximum atomic E-state index is 13.4. The number of alkyl halides is 2. The molecule has 0 aliphatic carbocycles. The Morgan fingerprint density at radius 1 is 1.11 bits per heavy atom. The molecule has 0 aliphatic heterocycles. The Bertz CT molecular complexity index is 736. The number of nitrogens with one attached hydrogen (secondary N) is 2. The standard InChI is InChI=1S/C20H24F2N2O3/c1-20(21,22)16-9-5-8-15(10-16)12-23-13-18(25)17(24-19(26)27)11-14-6-3-2-4-7-14/h2-10,17-18,23-25H,11-13H2,1H3,(H,26,27)/t17?,18-/m1/s1. The first-order chi connectivity index (χ1) is 12.8.